The van der Waals surface area contributed by atoms with Crippen molar-refractivity contribution in [2.75, 3.05) is 0 Å². The molecule has 0 aliphatic heterocycles. The number of aromatic nitrogens is 2. The Balaban J connectivity index is 2.72. The molecule has 0 aliphatic rings. The standard InChI is InChI=1S/C13H21N3O3/c1-9(2)16-7-10(6-14-16)11(8-17)15-12(18)19-13(3,4)5/h6-9,11H,1-5H3,(H,15,18). The van der Waals surface area contributed by atoms with Gasteiger partial charge in [-0.25, -0.2) is 4.79 Å². The van der Waals surface area contributed by atoms with Crippen molar-refractivity contribution in [2.24, 2.45) is 0 Å². The topological polar surface area (TPSA) is 73.2 Å². The van der Waals surface area contributed by atoms with Gasteiger partial charge in [0.15, 0.2) is 0 Å². The molecule has 0 bridgehead atoms. The molecule has 0 saturated heterocycles. The third kappa shape index (κ3) is 4.73. The molecular weight excluding hydrogens is 246 g/mol. The van der Waals surface area contributed by atoms with Crippen molar-refractivity contribution in [3.05, 3.63) is 18.0 Å². The molecule has 0 aromatic carbocycles. The minimum atomic E-state index is -0.748. The van der Waals surface area contributed by atoms with Crippen molar-refractivity contribution in [1.82, 2.24) is 15.1 Å². The molecular formula is C13H21N3O3. The van der Waals surface area contributed by atoms with Crippen LogP contribution in [0.25, 0.3) is 0 Å². The number of hydrogen-bond donors (Lipinski definition) is 1. The van der Waals surface area contributed by atoms with Gasteiger partial charge in [0.05, 0.1) is 6.20 Å². The fourth-order valence-corrected chi connectivity index (χ4v) is 1.43. The predicted molar refractivity (Wildman–Crippen MR) is 70.8 cm³/mol. The second kappa shape index (κ2) is 5.86. The van der Waals surface area contributed by atoms with E-state index < -0.39 is 17.7 Å². The molecule has 106 valence electrons. The Bertz CT molecular complexity index is 446. The van der Waals surface area contributed by atoms with E-state index in [1.54, 1.807) is 37.8 Å². The molecule has 1 unspecified atom stereocenters. The molecule has 1 atom stereocenters. The first-order valence-electron chi connectivity index (χ1n) is 6.22. The Kier molecular flexibility index (Phi) is 4.69. The second-order valence-corrected chi connectivity index (χ2v) is 5.61. The van der Waals surface area contributed by atoms with E-state index in [2.05, 4.69) is 10.4 Å². The zero-order chi connectivity index (χ0) is 14.6. The highest BCUT2D eigenvalue weighted by molar-refractivity contribution is 5.74. The van der Waals surface area contributed by atoms with Gasteiger partial charge in [-0.15, -0.1) is 0 Å². The first-order valence-corrected chi connectivity index (χ1v) is 6.22. The molecule has 6 heteroatoms. The molecule has 6 nitrogen and oxygen atoms in total. The minimum Gasteiger partial charge on any atom is -0.444 e. The molecule has 0 spiro atoms. The third-order valence-electron chi connectivity index (χ3n) is 2.32. The number of ether oxygens (including phenoxy) is 1. The smallest absolute Gasteiger partial charge is 0.408 e. The third-order valence-corrected chi connectivity index (χ3v) is 2.32. The van der Waals surface area contributed by atoms with Crippen molar-refractivity contribution >= 4 is 12.4 Å². The summed E-state index contributed by atoms with van der Waals surface area (Å²) in [6.07, 6.45) is 3.34. The van der Waals surface area contributed by atoms with E-state index in [0.717, 1.165) is 0 Å². The number of rotatable bonds is 4. The van der Waals surface area contributed by atoms with E-state index >= 15 is 0 Å². The lowest BCUT2D eigenvalue weighted by Gasteiger charge is -2.21. The normalized spacial score (nSPS) is 13.2. The quantitative estimate of drug-likeness (QED) is 0.849. The average Bonchev–Trinajstić information content (AvgIpc) is 2.72. The first kappa shape index (κ1) is 15.2. The summed E-state index contributed by atoms with van der Waals surface area (Å²) in [5.74, 6) is 0. The Labute approximate surface area is 113 Å². The highest BCUT2D eigenvalue weighted by Crippen LogP contribution is 2.14. The van der Waals surface area contributed by atoms with Gasteiger partial charge in [0.1, 0.15) is 17.9 Å². The molecule has 1 aromatic rings. The van der Waals surface area contributed by atoms with Crippen molar-refractivity contribution in [3.63, 3.8) is 0 Å². The lowest BCUT2D eigenvalue weighted by Crippen LogP contribution is -2.35. The van der Waals surface area contributed by atoms with Gasteiger partial charge >= 0.3 is 6.09 Å². The van der Waals surface area contributed by atoms with Crippen molar-refractivity contribution in [3.8, 4) is 0 Å². The molecule has 1 heterocycles. The van der Waals surface area contributed by atoms with Crippen LogP contribution >= 0.6 is 0 Å². The maximum Gasteiger partial charge on any atom is 0.408 e. The maximum atomic E-state index is 11.6. The summed E-state index contributed by atoms with van der Waals surface area (Å²) in [5.41, 5.74) is 0.0363. The van der Waals surface area contributed by atoms with Crippen LogP contribution in [0.15, 0.2) is 12.4 Å². The van der Waals surface area contributed by atoms with Crippen LogP contribution in [0.1, 0.15) is 52.3 Å². The summed E-state index contributed by atoms with van der Waals surface area (Å²) >= 11 is 0. The van der Waals surface area contributed by atoms with Gasteiger partial charge in [0, 0.05) is 17.8 Å². The number of nitrogens with zero attached hydrogens (tertiary/aromatic N) is 2. The van der Waals surface area contributed by atoms with Crippen LogP contribution in [-0.4, -0.2) is 27.8 Å². The van der Waals surface area contributed by atoms with Gasteiger partial charge in [-0.05, 0) is 34.6 Å². The molecule has 0 saturated carbocycles. The molecule has 1 N–H and O–H groups in total. The van der Waals surface area contributed by atoms with Gasteiger partial charge in [0.25, 0.3) is 0 Å². The summed E-state index contributed by atoms with van der Waals surface area (Å²) in [4.78, 5) is 22.7. The number of amides is 1. The summed E-state index contributed by atoms with van der Waals surface area (Å²) in [5, 5.41) is 6.64. The highest BCUT2D eigenvalue weighted by atomic mass is 16.6. The lowest BCUT2D eigenvalue weighted by atomic mass is 10.2. The van der Waals surface area contributed by atoms with Crippen LogP contribution in [0.3, 0.4) is 0 Å². The van der Waals surface area contributed by atoms with Gasteiger partial charge in [-0.1, -0.05) is 0 Å². The fourth-order valence-electron chi connectivity index (χ4n) is 1.43. The number of hydrogen-bond acceptors (Lipinski definition) is 4. The number of carbonyl (C=O) groups is 2. The number of aldehydes is 1. The van der Waals surface area contributed by atoms with E-state index in [1.807, 2.05) is 13.8 Å². The van der Waals surface area contributed by atoms with Gasteiger partial charge in [-0.3, -0.25) is 4.68 Å². The van der Waals surface area contributed by atoms with Gasteiger partial charge in [-0.2, -0.15) is 5.10 Å². The molecule has 0 aliphatic carbocycles. The zero-order valence-electron chi connectivity index (χ0n) is 12.0. The van der Waals surface area contributed by atoms with Crippen molar-refractivity contribution in [2.45, 2.75) is 52.3 Å². The molecule has 19 heavy (non-hydrogen) atoms. The Morgan fingerprint density at radius 3 is 2.53 bits per heavy atom. The van der Waals surface area contributed by atoms with E-state index in [1.165, 1.54) is 0 Å². The Hall–Kier alpha value is -1.85. The number of carbonyl (C=O) groups excluding carboxylic acids is 2. The highest BCUT2D eigenvalue weighted by Gasteiger charge is 2.21. The van der Waals surface area contributed by atoms with Crippen LogP contribution in [0.4, 0.5) is 4.79 Å². The zero-order valence-corrected chi connectivity index (χ0v) is 12.0. The average molecular weight is 267 g/mol. The second-order valence-electron chi connectivity index (χ2n) is 5.61. The van der Waals surface area contributed by atoms with E-state index in [0.29, 0.717) is 11.8 Å². The van der Waals surface area contributed by atoms with Crippen LogP contribution in [-0.2, 0) is 9.53 Å². The number of nitrogens with one attached hydrogen (secondary N) is 1. The summed E-state index contributed by atoms with van der Waals surface area (Å²) < 4.78 is 6.83. The Morgan fingerprint density at radius 2 is 2.11 bits per heavy atom. The van der Waals surface area contributed by atoms with Crippen molar-refractivity contribution in [1.29, 1.82) is 0 Å². The van der Waals surface area contributed by atoms with E-state index in [9.17, 15) is 9.59 Å². The van der Waals surface area contributed by atoms with Crippen LogP contribution in [0.5, 0.6) is 0 Å². The molecule has 0 fully saturated rings. The van der Waals surface area contributed by atoms with Gasteiger partial charge < -0.3 is 14.8 Å². The molecule has 1 rings (SSSR count). The molecule has 1 amide bonds. The summed E-state index contributed by atoms with van der Waals surface area (Å²) in [7, 11) is 0. The fraction of sp³-hybridized carbons (Fsp3) is 0.615. The Morgan fingerprint density at radius 1 is 1.47 bits per heavy atom. The summed E-state index contributed by atoms with van der Waals surface area (Å²) in [6.45, 7) is 9.25. The van der Waals surface area contributed by atoms with Gasteiger partial charge in [0.2, 0.25) is 0 Å². The largest absolute Gasteiger partial charge is 0.444 e. The van der Waals surface area contributed by atoms with Crippen LogP contribution < -0.4 is 5.32 Å². The monoisotopic (exact) mass is 267 g/mol. The van der Waals surface area contributed by atoms with E-state index in [4.69, 9.17) is 4.74 Å². The first-order chi connectivity index (χ1) is 8.73. The van der Waals surface area contributed by atoms with Crippen LogP contribution in [0.2, 0.25) is 0 Å². The molecule has 0 radical (unpaired) electrons. The number of alkyl carbamates (subject to hydrolysis) is 1. The minimum absolute atomic E-state index is 0.197. The SMILES string of the molecule is CC(C)n1cc(C(C=O)NC(=O)OC(C)(C)C)cn1. The maximum absolute atomic E-state index is 11.6. The lowest BCUT2D eigenvalue weighted by molar-refractivity contribution is -0.109. The predicted octanol–water partition coefficient (Wildman–Crippen LogP) is 2.23. The van der Waals surface area contributed by atoms with Crippen LogP contribution in [0, 0.1) is 0 Å². The van der Waals surface area contributed by atoms with E-state index in [-0.39, 0.29) is 6.04 Å². The van der Waals surface area contributed by atoms with Crippen molar-refractivity contribution < 1.29 is 14.3 Å². The summed E-state index contributed by atoms with van der Waals surface area (Å²) in [6, 6.07) is -0.551. The molecule has 1 aromatic heterocycles.